The molecule has 2 aromatic heterocycles. The molecule has 0 aliphatic carbocycles. The Morgan fingerprint density at radius 1 is 1.24 bits per heavy atom. The molecular formula is C13H12FN5OS. The van der Waals surface area contributed by atoms with Crippen LogP contribution in [0.1, 0.15) is 11.3 Å². The molecule has 3 rings (SSSR count). The largest absolute Gasteiger partial charge is 0.390 e. The van der Waals surface area contributed by atoms with Gasteiger partial charge in [0.1, 0.15) is 18.5 Å². The van der Waals surface area contributed by atoms with E-state index in [-0.39, 0.29) is 12.4 Å². The van der Waals surface area contributed by atoms with Gasteiger partial charge in [0.25, 0.3) is 0 Å². The number of aromatic nitrogens is 5. The summed E-state index contributed by atoms with van der Waals surface area (Å²) in [6.07, 6.45) is 4.63. The molecule has 0 fully saturated rings. The molecule has 0 aliphatic rings. The summed E-state index contributed by atoms with van der Waals surface area (Å²) in [5.41, 5.74) is 1.49. The van der Waals surface area contributed by atoms with Crippen LogP contribution in [0, 0.1) is 5.82 Å². The summed E-state index contributed by atoms with van der Waals surface area (Å²) < 4.78 is 16.5. The zero-order chi connectivity index (χ0) is 14.7. The number of hydrogen-bond acceptors (Lipinski definition) is 5. The summed E-state index contributed by atoms with van der Waals surface area (Å²) in [5, 5.41) is 17.5. The van der Waals surface area contributed by atoms with Crippen molar-refractivity contribution in [1.82, 2.24) is 24.5 Å². The number of aliphatic hydroxyl groups is 1. The van der Waals surface area contributed by atoms with E-state index in [1.165, 1.54) is 36.5 Å². The summed E-state index contributed by atoms with van der Waals surface area (Å²) in [6.45, 7) is -0.147. The fourth-order valence-electron chi connectivity index (χ4n) is 1.89. The van der Waals surface area contributed by atoms with E-state index in [1.54, 1.807) is 21.6 Å². The van der Waals surface area contributed by atoms with Gasteiger partial charge in [-0.1, -0.05) is 23.9 Å². The molecule has 0 saturated heterocycles. The first kappa shape index (κ1) is 13.8. The van der Waals surface area contributed by atoms with Gasteiger partial charge >= 0.3 is 0 Å². The monoisotopic (exact) mass is 305 g/mol. The number of nitrogens with zero attached hydrogens (tertiary/aromatic N) is 5. The third-order valence-corrected chi connectivity index (χ3v) is 3.85. The molecule has 0 atom stereocenters. The molecule has 6 nitrogen and oxygen atoms in total. The Labute approximate surface area is 124 Å². The molecule has 0 spiro atoms. The number of imidazole rings is 1. The first-order chi connectivity index (χ1) is 10.3. The molecule has 1 aromatic carbocycles. The molecular weight excluding hydrogens is 293 g/mol. The van der Waals surface area contributed by atoms with Crippen molar-refractivity contribution in [3.05, 3.63) is 60.2 Å². The van der Waals surface area contributed by atoms with E-state index in [1.807, 2.05) is 6.07 Å². The topological polar surface area (TPSA) is 68.8 Å². The predicted octanol–water partition coefficient (Wildman–Crippen LogP) is 1.71. The highest BCUT2D eigenvalue weighted by Crippen LogP contribution is 2.23. The fourth-order valence-corrected chi connectivity index (χ4v) is 2.82. The van der Waals surface area contributed by atoms with Gasteiger partial charge in [-0.05, 0) is 17.7 Å². The first-order valence-corrected chi connectivity index (χ1v) is 7.16. The summed E-state index contributed by atoms with van der Waals surface area (Å²) in [7, 11) is 0. The van der Waals surface area contributed by atoms with Crippen LogP contribution in [0.3, 0.4) is 0 Å². The van der Waals surface area contributed by atoms with Crippen LogP contribution in [-0.4, -0.2) is 29.6 Å². The summed E-state index contributed by atoms with van der Waals surface area (Å²) >= 11 is 1.44. The van der Waals surface area contributed by atoms with Gasteiger partial charge in [0.05, 0.1) is 18.5 Å². The summed E-state index contributed by atoms with van der Waals surface area (Å²) in [4.78, 5) is 4.28. The van der Waals surface area contributed by atoms with Crippen molar-refractivity contribution >= 4 is 11.8 Å². The molecule has 0 saturated carbocycles. The second kappa shape index (κ2) is 6.06. The van der Waals surface area contributed by atoms with Gasteiger partial charge in [-0.25, -0.2) is 18.7 Å². The second-order valence-electron chi connectivity index (χ2n) is 4.26. The Hall–Kier alpha value is -2.19. The highest BCUT2D eigenvalue weighted by atomic mass is 32.2. The Morgan fingerprint density at radius 3 is 2.76 bits per heavy atom. The highest BCUT2D eigenvalue weighted by Gasteiger charge is 2.12. The van der Waals surface area contributed by atoms with Gasteiger partial charge in [-0.3, -0.25) is 0 Å². The van der Waals surface area contributed by atoms with Crippen molar-refractivity contribution < 1.29 is 9.50 Å². The van der Waals surface area contributed by atoms with Crippen molar-refractivity contribution in [3.63, 3.8) is 0 Å². The van der Waals surface area contributed by atoms with Crippen LogP contribution in [0.25, 0.3) is 0 Å². The molecule has 3 aromatic rings. The van der Waals surface area contributed by atoms with E-state index in [2.05, 4.69) is 15.2 Å². The summed E-state index contributed by atoms with van der Waals surface area (Å²) in [5.74, 6) is 0.313. The average Bonchev–Trinajstić information content (AvgIpc) is 3.13. The van der Waals surface area contributed by atoms with Crippen molar-refractivity contribution in [1.29, 1.82) is 0 Å². The number of thioether (sulfide) groups is 1. The molecule has 2 heterocycles. The van der Waals surface area contributed by atoms with Gasteiger partial charge in [-0.15, -0.1) is 10.2 Å². The van der Waals surface area contributed by atoms with Crippen molar-refractivity contribution in [2.75, 3.05) is 0 Å². The van der Waals surface area contributed by atoms with Gasteiger partial charge in [0.15, 0.2) is 5.16 Å². The molecule has 0 unspecified atom stereocenters. The first-order valence-electron chi connectivity index (χ1n) is 6.18. The smallest absolute Gasteiger partial charge is 0.188 e. The van der Waals surface area contributed by atoms with E-state index in [0.29, 0.717) is 16.6 Å². The van der Waals surface area contributed by atoms with Crippen molar-refractivity contribution in [2.24, 2.45) is 0 Å². The number of halogens is 1. The summed E-state index contributed by atoms with van der Waals surface area (Å²) in [6, 6.07) is 6.44. The Kier molecular flexibility index (Phi) is 3.98. The minimum atomic E-state index is -0.258. The molecule has 0 bridgehead atoms. The maximum atomic E-state index is 13.2. The SMILES string of the molecule is OCc1cnc(SCc2cccc(F)c2)n1-n1cnnc1. The molecule has 0 amide bonds. The van der Waals surface area contributed by atoms with Crippen molar-refractivity contribution in [3.8, 4) is 0 Å². The lowest BCUT2D eigenvalue weighted by atomic mass is 10.2. The van der Waals surface area contributed by atoms with E-state index in [0.717, 1.165) is 5.56 Å². The van der Waals surface area contributed by atoms with Gasteiger partial charge in [-0.2, -0.15) is 0 Å². The quantitative estimate of drug-likeness (QED) is 0.727. The standard InChI is InChI=1S/C13H12FN5OS/c14-11-3-1-2-10(4-11)7-21-13-15-5-12(6-20)19(13)18-8-16-17-9-18/h1-5,8-9,20H,6-7H2. The second-order valence-corrected chi connectivity index (χ2v) is 5.21. The Morgan fingerprint density at radius 2 is 2.05 bits per heavy atom. The molecule has 108 valence electrons. The fraction of sp³-hybridized carbons (Fsp3) is 0.154. The third-order valence-electron chi connectivity index (χ3n) is 2.83. The van der Waals surface area contributed by atoms with Crippen molar-refractivity contribution in [2.45, 2.75) is 17.5 Å². The van der Waals surface area contributed by atoms with E-state index >= 15 is 0 Å². The van der Waals surface area contributed by atoms with Crippen LogP contribution >= 0.6 is 11.8 Å². The minimum absolute atomic E-state index is 0.147. The lowest BCUT2D eigenvalue weighted by Gasteiger charge is -2.10. The minimum Gasteiger partial charge on any atom is -0.390 e. The van der Waals surface area contributed by atoms with Gasteiger partial charge < -0.3 is 5.11 Å². The maximum absolute atomic E-state index is 13.2. The van der Waals surface area contributed by atoms with Crippen LogP contribution < -0.4 is 0 Å². The zero-order valence-corrected chi connectivity index (χ0v) is 11.7. The molecule has 8 heteroatoms. The molecule has 0 radical (unpaired) electrons. The molecule has 21 heavy (non-hydrogen) atoms. The van der Waals surface area contributed by atoms with Crippen LogP contribution in [0.2, 0.25) is 0 Å². The van der Waals surface area contributed by atoms with Crippen LogP contribution in [0.4, 0.5) is 4.39 Å². The average molecular weight is 305 g/mol. The van der Waals surface area contributed by atoms with Crippen LogP contribution in [0.15, 0.2) is 48.3 Å². The van der Waals surface area contributed by atoms with Gasteiger partial charge in [0, 0.05) is 5.75 Å². The highest BCUT2D eigenvalue weighted by molar-refractivity contribution is 7.98. The van der Waals surface area contributed by atoms with E-state index in [9.17, 15) is 9.50 Å². The predicted molar refractivity (Wildman–Crippen MR) is 74.9 cm³/mol. The molecule has 0 aliphatic heterocycles. The van der Waals surface area contributed by atoms with Crippen LogP contribution in [0.5, 0.6) is 0 Å². The number of rotatable bonds is 5. The number of benzene rings is 1. The van der Waals surface area contributed by atoms with Gasteiger partial charge in [0.2, 0.25) is 0 Å². The third kappa shape index (κ3) is 2.96. The number of hydrogen-bond donors (Lipinski definition) is 1. The Balaban J connectivity index is 1.84. The lowest BCUT2D eigenvalue weighted by Crippen LogP contribution is -2.12. The molecule has 1 N–H and O–H groups in total. The lowest BCUT2D eigenvalue weighted by molar-refractivity contribution is 0.266. The number of aliphatic hydroxyl groups excluding tert-OH is 1. The van der Waals surface area contributed by atoms with E-state index < -0.39 is 0 Å². The van der Waals surface area contributed by atoms with E-state index in [4.69, 9.17) is 0 Å². The maximum Gasteiger partial charge on any atom is 0.188 e. The van der Waals surface area contributed by atoms with Crippen LogP contribution in [-0.2, 0) is 12.4 Å². The zero-order valence-electron chi connectivity index (χ0n) is 10.9. The normalized spacial score (nSPS) is 11.0. The Bertz CT molecular complexity index is 728.